The van der Waals surface area contributed by atoms with Crippen LogP contribution in [0.25, 0.3) is 11.1 Å². The third-order valence-electron chi connectivity index (χ3n) is 6.86. The third-order valence-corrected chi connectivity index (χ3v) is 6.86. The first kappa shape index (κ1) is 15.2. The Morgan fingerprint density at radius 1 is 0.920 bits per heavy atom. The normalized spacial score (nSPS) is 32.7. The predicted molar refractivity (Wildman–Crippen MR) is 95.5 cm³/mol. The molecule has 4 bridgehead atoms. The second-order valence-corrected chi connectivity index (χ2v) is 8.62. The van der Waals surface area contributed by atoms with E-state index in [-0.39, 0.29) is 5.41 Å². The third kappa shape index (κ3) is 2.70. The van der Waals surface area contributed by atoms with Crippen molar-refractivity contribution in [1.29, 1.82) is 0 Å². The number of carbonyl (C=O) groups is 1. The molecule has 6 rings (SSSR count). The van der Waals surface area contributed by atoms with Crippen molar-refractivity contribution in [3.8, 4) is 11.1 Å². The van der Waals surface area contributed by atoms with Crippen molar-refractivity contribution in [2.24, 2.45) is 23.2 Å². The standard InChI is InChI=1S/C22H25N2O/c25-21(22-12-16-9-17(13-22)11-18(10-16)14-22)15-24-7-3-20(4-8-24)19-1-5-23-6-2-19/h1-8,16-18H,9-15H2/q+1. The van der Waals surface area contributed by atoms with E-state index in [4.69, 9.17) is 0 Å². The van der Waals surface area contributed by atoms with Crippen molar-refractivity contribution in [3.63, 3.8) is 0 Å². The van der Waals surface area contributed by atoms with Gasteiger partial charge in [-0.3, -0.25) is 9.78 Å². The fourth-order valence-corrected chi connectivity index (χ4v) is 6.09. The summed E-state index contributed by atoms with van der Waals surface area (Å²) >= 11 is 0. The van der Waals surface area contributed by atoms with Gasteiger partial charge in [0.2, 0.25) is 12.3 Å². The van der Waals surface area contributed by atoms with E-state index >= 15 is 0 Å². The summed E-state index contributed by atoms with van der Waals surface area (Å²) in [5.74, 6) is 2.96. The molecule has 0 aliphatic heterocycles. The average Bonchev–Trinajstić information content (AvgIpc) is 2.62. The molecule has 2 aromatic heterocycles. The molecule has 2 heterocycles. The van der Waals surface area contributed by atoms with Crippen LogP contribution in [0.2, 0.25) is 0 Å². The van der Waals surface area contributed by atoms with Crippen LogP contribution in [-0.4, -0.2) is 10.8 Å². The van der Waals surface area contributed by atoms with E-state index in [0.717, 1.165) is 42.6 Å². The van der Waals surface area contributed by atoms with Crippen molar-refractivity contribution >= 4 is 5.78 Å². The first-order chi connectivity index (χ1) is 12.2. The fourth-order valence-electron chi connectivity index (χ4n) is 6.09. The van der Waals surface area contributed by atoms with Gasteiger partial charge in [0.1, 0.15) is 0 Å². The van der Waals surface area contributed by atoms with Gasteiger partial charge < -0.3 is 0 Å². The molecule has 4 aliphatic rings. The van der Waals surface area contributed by atoms with E-state index in [1.165, 1.54) is 24.8 Å². The Balaban J connectivity index is 1.33. The van der Waals surface area contributed by atoms with Crippen LogP contribution >= 0.6 is 0 Å². The summed E-state index contributed by atoms with van der Waals surface area (Å²) in [6, 6.07) is 8.23. The van der Waals surface area contributed by atoms with E-state index in [2.05, 4.69) is 21.7 Å². The topological polar surface area (TPSA) is 33.8 Å². The molecular weight excluding hydrogens is 308 g/mol. The summed E-state index contributed by atoms with van der Waals surface area (Å²) in [5.41, 5.74) is 2.33. The lowest BCUT2D eigenvalue weighted by molar-refractivity contribution is -0.684. The van der Waals surface area contributed by atoms with Gasteiger partial charge in [-0.2, -0.15) is 4.57 Å². The van der Waals surface area contributed by atoms with Crippen LogP contribution in [0.1, 0.15) is 38.5 Å². The second-order valence-electron chi connectivity index (χ2n) is 8.62. The summed E-state index contributed by atoms with van der Waals surface area (Å²) in [4.78, 5) is 17.3. The van der Waals surface area contributed by atoms with Crippen LogP contribution < -0.4 is 4.57 Å². The highest BCUT2D eigenvalue weighted by atomic mass is 16.1. The van der Waals surface area contributed by atoms with Crippen molar-refractivity contribution in [2.75, 3.05) is 0 Å². The molecule has 0 saturated heterocycles. The lowest BCUT2D eigenvalue weighted by atomic mass is 9.48. The summed E-state index contributed by atoms with van der Waals surface area (Å²) in [5, 5.41) is 0. The second kappa shape index (κ2) is 5.76. The summed E-state index contributed by atoms with van der Waals surface area (Å²) in [7, 11) is 0. The lowest BCUT2D eigenvalue weighted by Crippen LogP contribution is -2.53. The quantitative estimate of drug-likeness (QED) is 0.797. The first-order valence-electron chi connectivity index (χ1n) is 9.63. The zero-order valence-corrected chi connectivity index (χ0v) is 14.6. The van der Waals surface area contributed by atoms with Gasteiger partial charge in [0.25, 0.3) is 0 Å². The molecule has 128 valence electrons. The fraction of sp³-hybridized carbons (Fsp3) is 0.500. The molecule has 25 heavy (non-hydrogen) atoms. The molecule has 0 N–H and O–H groups in total. The Kier molecular flexibility index (Phi) is 3.51. The highest BCUT2D eigenvalue weighted by Gasteiger charge is 2.54. The van der Waals surface area contributed by atoms with Gasteiger partial charge in [-0.25, -0.2) is 0 Å². The Hall–Kier alpha value is -2.03. The Bertz CT molecular complexity index is 746. The van der Waals surface area contributed by atoms with E-state index in [9.17, 15) is 4.79 Å². The van der Waals surface area contributed by atoms with Gasteiger partial charge >= 0.3 is 0 Å². The molecule has 4 aliphatic carbocycles. The van der Waals surface area contributed by atoms with Crippen molar-refractivity contribution in [1.82, 2.24) is 4.98 Å². The minimum atomic E-state index is 0.00548. The number of rotatable bonds is 4. The predicted octanol–water partition coefficient (Wildman–Crippen LogP) is 3.82. The number of hydrogen-bond acceptors (Lipinski definition) is 2. The van der Waals surface area contributed by atoms with Crippen LogP contribution in [0, 0.1) is 23.2 Å². The Labute approximate surface area is 149 Å². The lowest BCUT2D eigenvalue weighted by Gasteiger charge is -2.55. The molecule has 2 aromatic rings. The van der Waals surface area contributed by atoms with Crippen LogP contribution in [0.15, 0.2) is 49.1 Å². The zero-order valence-electron chi connectivity index (χ0n) is 14.6. The molecule has 0 spiro atoms. The molecule has 3 nitrogen and oxygen atoms in total. The molecule has 3 heteroatoms. The number of aromatic nitrogens is 2. The molecule has 0 aromatic carbocycles. The highest BCUT2D eigenvalue weighted by molar-refractivity contribution is 5.84. The van der Waals surface area contributed by atoms with Crippen molar-refractivity contribution in [2.45, 2.75) is 45.1 Å². The van der Waals surface area contributed by atoms with Crippen molar-refractivity contribution in [3.05, 3.63) is 49.1 Å². The van der Waals surface area contributed by atoms with Gasteiger partial charge in [-0.15, -0.1) is 0 Å². The SMILES string of the molecule is O=C(C[n+]1ccc(-c2ccncc2)cc1)C12CC3CC(CC(C3)C1)C2. The Morgan fingerprint density at radius 3 is 2.00 bits per heavy atom. The van der Waals surface area contributed by atoms with Crippen LogP contribution in [0.3, 0.4) is 0 Å². The molecule has 0 amide bonds. The number of ketones is 1. The van der Waals surface area contributed by atoms with Crippen LogP contribution in [0.4, 0.5) is 0 Å². The van der Waals surface area contributed by atoms with Gasteiger partial charge in [0, 0.05) is 29.9 Å². The van der Waals surface area contributed by atoms with Gasteiger partial charge in [0.05, 0.1) is 0 Å². The molecule has 0 radical (unpaired) electrons. The maximum absolute atomic E-state index is 13.2. The number of hydrogen-bond donors (Lipinski definition) is 0. The molecular formula is C22H25N2O+. The van der Waals surface area contributed by atoms with Gasteiger partial charge in [0.15, 0.2) is 12.4 Å². The van der Waals surface area contributed by atoms with Crippen LogP contribution in [0.5, 0.6) is 0 Å². The van der Waals surface area contributed by atoms with Gasteiger partial charge in [-0.05, 0) is 79.5 Å². The minimum absolute atomic E-state index is 0.00548. The largest absolute Gasteiger partial charge is 0.292 e. The molecule has 0 atom stereocenters. The van der Waals surface area contributed by atoms with Crippen LogP contribution in [-0.2, 0) is 11.3 Å². The maximum atomic E-state index is 13.2. The summed E-state index contributed by atoms with van der Waals surface area (Å²) < 4.78 is 2.06. The zero-order chi connectivity index (χ0) is 16.9. The Morgan fingerprint density at radius 2 is 1.44 bits per heavy atom. The number of pyridine rings is 2. The molecule has 4 fully saturated rings. The minimum Gasteiger partial charge on any atom is -0.292 e. The van der Waals surface area contributed by atoms with Crippen molar-refractivity contribution < 1.29 is 9.36 Å². The van der Waals surface area contributed by atoms with E-state index in [1.807, 2.05) is 36.9 Å². The summed E-state index contributed by atoms with van der Waals surface area (Å²) in [6.45, 7) is 0.531. The first-order valence-corrected chi connectivity index (χ1v) is 9.63. The number of carbonyl (C=O) groups excluding carboxylic acids is 1. The number of nitrogens with zero attached hydrogens (tertiary/aromatic N) is 2. The van der Waals surface area contributed by atoms with E-state index in [0.29, 0.717) is 12.3 Å². The molecule has 4 saturated carbocycles. The highest BCUT2D eigenvalue weighted by Crippen LogP contribution is 2.60. The van der Waals surface area contributed by atoms with E-state index < -0.39 is 0 Å². The van der Waals surface area contributed by atoms with E-state index in [1.54, 1.807) is 0 Å². The smallest absolute Gasteiger partial charge is 0.207 e. The monoisotopic (exact) mass is 333 g/mol. The molecule has 0 unspecified atom stereocenters. The summed E-state index contributed by atoms with van der Waals surface area (Å²) in [6.07, 6.45) is 15.4. The van der Waals surface area contributed by atoms with Gasteiger partial charge in [-0.1, -0.05) is 0 Å². The maximum Gasteiger partial charge on any atom is 0.207 e. The average molecular weight is 333 g/mol. The number of Topliss-reactive ketones (excluding diaryl/α,β-unsaturated/α-hetero) is 1.